The minimum Gasteiger partial charge on any atom is -0.376 e. The summed E-state index contributed by atoms with van der Waals surface area (Å²) >= 11 is 1.90. The predicted molar refractivity (Wildman–Crippen MR) is 109 cm³/mol. The first-order chi connectivity index (χ1) is 13.3. The van der Waals surface area contributed by atoms with Crippen molar-refractivity contribution >= 4 is 16.9 Å². The Kier molecular flexibility index (Phi) is 4.70. The molecule has 27 heavy (non-hydrogen) atoms. The number of hydrogen-bond acceptors (Lipinski definition) is 5. The quantitative estimate of drug-likeness (QED) is 0.783. The lowest BCUT2D eigenvalue weighted by molar-refractivity contribution is 0.0950. The smallest absolute Gasteiger partial charge is 0.160 e. The first-order valence-corrected chi connectivity index (χ1v) is 11.0. The number of aliphatic imine (C=N–C) groups is 1. The molecule has 2 aromatic heterocycles. The van der Waals surface area contributed by atoms with E-state index in [9.17, 15) is 0 Å². The van der Waals surface area contributed by atoms with E-state index < -0.39 is 0 Å². The number of rotatable bonds is 5. The summed E-state index contributed by atoms with van der Waals surface area (Å²) in [5, 5.41) is 1.19. The molecule has 0 aliphatic carbocycles. The van der Waals surface area contributed by atoms with Crippen LogP contribution in [0.2, 0.25) is 0 Å². The van der Waals surface area contributed by atoms with Crippen LogP contribution in [0.3, 0.4) is 0 Å². The lowest BCUT2D eigenvalue weighted by Crippen LogP contribution is -2.36. The summed E-state index contributed by atoms with van der Waals surface area (Å²) in [6.45, 7) is 4.11. The van der Waals surface area contributed by atoms with Crippen LogP contribution in [0.1, 0.15) is 49.7 Å². The highest BCUT2D eigenvalue weighted by atomic mass is 32.2. The molecule has 0 saturated carbocycles. The molecule has 0 N–H and O–H groups in total. The third-order valence-corrected chi connectivity index (χ3v) is 7.05. The molecule has 0 radical (unpaired) electrons. The molecule has 142 valence electrons. The number of aromatic nitrogens is 2. The fourth-order valence-electron chi connectivity index (χ4n) is 4.54. The van der Waals surface area contributed by atoms with Gasteiger partial charge >= 0.3 is 0 Å². The van der Waals surface area contributed by atoms with Crippen LogP contribution in [0.25, 0.3) is 0 Å². The predicted octanol–water partition coefficient (Wildman–Crippen LogP) is 4.04. The Hall–Kier alpha value is -1.79. The summed E-state index contributed by atoms with van der Waals surface area (Å²) < 4.78 is 8.30. The fourth-order valence-corrected chi connectivity index (χ4v) is 5.88. The molecule has 5 heterocycles. The van der Waals surface area contributed by atoms with Gasteiger partial charge in [-0.15, -0.1) is 0 Å². The molecule has 0 amide bonds. The van der Waals surface area contributed by atoms with E-state index >= 15 is 0 Å². The molecule has 2 saturated heterocycles. The number of thioether (sulfide) groups is 1. The van der Waals surface area contributed by atoms with Gasteiger partial charge in [-0.1, -0.05) is 24.8 Å². The Balaban J connectivity index is 1.52. The summed E-state index contributed by atoms with van der Waals surface area (Å²) in [5.74, 6) is 1.13. The van der Waals surface area contributed by atoms with Crippen LogP contribution < -0.4 is 0 Å². The number of fused-ring (bicyclic) bond motifs is 1. The molecule has 0 unspecified atom stereocenters. The maximum atomic E-state index is 5.90. The Morgan fingerprint density at radius 1 is 1.26 bits per heavy atom. The molecule has 0 bridgehead atoms. The molecular formula is C21H26N4OS. The highest BCUT2D eigenvalue weighted by Crippen LogP contribution is 2.48. The molecule has 5 nitrogen and oxygen atoms in total. The molecule has 0 aromatic carbocycles. The first-order valence-electron chi connectivity index (χ1n) is 10.0. The van der Waals surface area contributed by atoms with Crippen molar-refractivity contribution in [3.05, 3.63) is 54.1 Å². The average Bonchev–Trinajstić information content (AvgIpc) is 3.47. The van der Waals surface area contributed by atoms with Crippen LogP contribution >= 0.6 is 11.8 Å². The maximum absolute atomic E-state index is 5.90. The summed E-state index contributed by atoms with van der Waals surface area (Å²) in [6.07, 6.45) is 7.89. The minimum atomic E-state index is 0.0567. The number of pyridine rings is 1. The van der Waals surface area contributed by atoms with E-state index in [1.54, 1.807) is 0 Å². The van der Waals surface area contributed by atoms with Crippen LogP contribution in [0.5, 0.6) is 0 Å². The number of hydrogen-bond donors (Lipinski definition) is 0. The number of amidine groups is 1. The second kappa shape index (κ2) is 7.32. The monoisotopic (exact) mass is 382 g/mol. The van der Waals surface area contributed by atoms with Crippen LogP contribution in [0.15, 0.2) is 47.7 Å². The van der Waals surface area contributed by atoms with Crippen LogP contribution in [-0.2, 0) is 11.3 Å². The van der Waals surface area contributed by atoms with Crippen molar-refractivity contribution in [3.8, 4) is 0 Å². The molecule has 6 heteroatoms. The summed E-state index contributed by atoms with van der Waals surface area (Å²) in [4.78, 5) is 12.3. The number of nitrogens with zero attached hydrogens (tertiary/aromatic N) is 4. The minimum absolute atomic E-state index is 0.0567. The SMILES string of the molecule is CC[C@@H]1CSC2=N[C@H](c3ccccn3)[C@H](c3cccn3C[C@@H]3CCCO3)N21. The van der Waals surface area contributed by atoms with E-state index in [4.69, 9.17) is 9.73 Å². The van der Waals surface area contributed by atoms with Crippen molar-refractivity contribution in [2.24, 2.45) is 4.99 Å². The van der Waals surface area contributed by atoms with Gasteiger partial charge in [0.25, 0.3) is 0 Å². The van der Waals surface area contributed by atoms with Gasteiger partial charge in [-0.3, -0.25) is 9.98 Å². The second-order valence-corrected chi connectivity index (χ2v) is 8.54. The lowest BCUT2D eigenvalue weighted by atomic mass is 9.99. The fraction of sp³-hybridized carbons (Fsp3) is 0.524. The maximum Gasteiger partial charge on any atom is 0.160 e. The van der Waals surface area contributed by atoms with E-state index in [1.165, 1.54) is 17.3 Å². The lowest BCUT2D eigenvalue weighted by Gasteiger charge is -2.32. The summed E-state index contributed by atoms with van der Waals surface area (Å²) in [6, 6.07) is 11.4. The van der Waals surface area contributed by atoms with Gasteiger partial charge in [0.05, 0.1) is 17.8 Å². The van der Waals surface area contributed by atoms with Crippen molar-refractivity contribution in [2.75, 3.05) is 12.4 Å². The third-order valence-electron chi connectivity index (χ3n) is 5.92. The Bertz CT molecular complexity index is 815. The van der Waals surface area contributed by atoms with Crippen molar-refractivity contribution in [3.63, 3.8) is 0 Å². The zero-order chi connectivity index (χ0) is 18.2. The van der Waals surface area contributed by atoms with E-state index in [-0.39, 0.29) is 12.1 Å². The zero-order valence-electron chi connectivity index (χ0n) is 15.7. The van der Waals surface area contributed by atoms with E-state index in [0.29, 0.717) is 12.1 Å². The van der Waals surface area contributed by atoms with Gasteiger partial charge in [0, 0.05) is 43.0 Å². The van der Waals surface area contributed by atoms with Gasteiger partial charge in [0.1, 0.15) is 6.04 Å². The van der Waals surface area contributed by atoms with Gasteiger partial charge in [-0.25, -0.2) is 0 Å². The third kappa shape index (κ3) is 3.09. The van der Waals surface area contributed by atoms with Gasteiger partial charge in [0.2, 0.25) is 0 Å². The Morgan fingerprint density at radius 3 is 3.00 bits per heavy atom. The van der Waals surface area contributed by atoms with Crippen LogP contribution in [0.4, 0.5) is 0 Å². The largest absolute Gasteiger partial charge is 0.376 e. The molecule has 2 aromatic rings. The second-order valence-electron chi connectivity index (χ2n) is 7.56. The molecule has 2 fully saturated rings. The molecule has 3 aliphatic heterocycles. The van der Waals surface area contributed by atoms with Crippen LogP contribution in [0, 0.1) is 0 Å². The van der Waals surface area contributed by atoms with Gasteiger partial charge < -0.3 is 14.2 Å². The van der Waals surface area contributed by atoms with E-state index in [2.05, 4.69) is 51.8 Å². The number of ether oxygens (including phenoxy) is 1. The van der Waals surface area contributed by atoms with Crippen molar-refractivity contribution in [1.82, 2.24) is 14.5 Å². The highest BCUT2D eigenvalue weighted by Gasteiger charge is 2.46. The molecule has 3 aliphatic rings. The summed E-state index contributed by atoms with van der Waals surface area (Å²) in [7, 11) is 0. The van der Waals surface area contributed by atoms with E-state index in [1.807, 2.05) is 24.0 Å². The Morgan fingerprint density at radius 2 is 2.22 bits per heavy atom. The molecular weight excluding hydrogens is 356 g/mol. The Labute approximate surface area is 164 Å². The molecule has 4 atom stereocenters. The van der Waals surface area contributed by atoms with Gasteiger partial charge in [-0.2, -0.15) is 0 Å². The van der Waals surface area contributed by atoms with E-state index in [0.717, 1.165) is 37.4 Å². The topological polar surface area (TPSA) is 42.6 Å². The van der Waals surface area contributed by atoms with Gasteiger partial charge in [0.15, 0.2) is 5.17 Å². The van der Waals surface area contributed by atoms with Crippen LogP contribution in [-0.4, -0.2) is 44.1 Å². The highest BCUT2D eigenvalue weighted by molar-refractivity contribution is 8.14. The standard InChI is InChI=1S/C21H26N4OS/c1-2-15-14-27-21-23-19(17-8-3-4-10-22-17)20(25(15)21)18-9-5-11-24(18)13-16-7-6-12-26-16/h3-5,8-11,15-16,19-20H,2,6-7,12-14H2,1H3/t15-,16+,19-,20+/m1/s1. The van der Waals surface area contributed by atoms with Gasteiger partial charge in [-0.05, 0) is 43.5 Å². The molecule has 5 rings (SSSR count). The van der Waals surface area contributed by atoms with Crippen molar-refractivity contribution in [2.45, 2.75) is 57.0 Å². The normalized spacial score (nSPS) is 30.0. The summed E-state index contributed by atoms with van der Waals surface area (Å²) in [5.41, 5.74) is 2.39. The zero-order valence-corrected chi connectivity index (χ0v) is 16.5. The van der Waals surface area contributed by atoms with Crippen molar-refractivity contribution < 1.29 is 4.74 Å². The molecule has 0 spiro atoms. The first kappa shape index (κ1) is 17.3. The average molecular weight is 383 g/mol. The van der Waals surface area contributed by atoms with Crippen molar-refractivity contribution in [1.29, 1.82) is 0 Å².